The van der Waals surface area contributed by atoms with Gasteiger partial charge in [-0.15, -0.1) is 0 Å². The van der Waals surface area contributed by atoms with E-state index in [0.29, 0.717) is 12.2 Å². The van der Waals surface area contributed by atoms with E-state index in [0.717, 1.165) is 21.3 Å². The quantitative estimate of drug-likeness (QED) is 0.446. The van der Waals surface area contributed by atoms with Crippen molar-refractivity contribution in [2.45, 2.75) is 0 Å². The molecule has 4 nitrogen and oxygen atoms in total. The highest BCUT2D eigenvalue weighted by Gasteiger charge is 2.07. The Hall–Kier alpha value is -2.63. The normalized spacial score (nSPS) is 10.3. The standard InChI is InChI=1S/C21H18BrNO3/c22-19-11-9-16(10-12-19)17-5-4-6-18(15-17)21(24)23-26-14-13-25-20-7-2-1-3-8-20/h1-12,15H,13-14H2,(H,23,24). The molecule has 3 aromatic carbocycles. The molecule has 3 rings (SSSR count). The van der Waals surface area contributed by atoms with E-state index in [4.69, 9.17) is 9.57 Å². The number of carbonyl (C=O) groups excluding carboxylic acids is 1. The van der Waals surface area contributed by atoms with Gasteiger partial charge >= 0.3 is 0 Å². The Morgan fingerprint density at radius 1 is 0.846 bits per heavy atom. The van der Waals surface area contributed by atoms with Crippen LogP contribution in [0.4, 0.5) is 0 Å². The van der Waals surface area contributed by atoms with Crippen LogP contribution in [-0.2, 0) is 4.84 Å². The van der Waals surface area contributed by atoms with Crippen molar-refractivity contribution in [1.82, 2.24) is 5.48 Å². The van der Waals surface area contributed by atoms with Crippen LogP contribution >= 0.6 is 15.9 Å². The number of benzene rings is 3. The van der Waals surface area contributed by atoms with Gasteiger partial charge in [0.1, 0.15) is 19.0 Å². The van der Waals surface area contributed by atoms with Crippen LogP contribution in [0.3, 0.4) is 0 Å². The molecule has 0 aliphatic carbocycles. The highest BCUT2D eigenvalue weighted by Crippen LogP contribution is 2.22. The zero-order valence-corrected chi connectivity index (χ0v) is 15.6. The van der Waals surface area contributed by atoms with Crippen molar-refractivity contribution in [1.29, 1.82) is 0 Å². The van der Waals surface area contributed by atoms with Gasteiger partial charge in [0.2, 0.25) is 0 Å². The lowest BCUT2D eigenvalue weighted by atomic mass is 10.0. The minimum absolute atomic E-state index is 0.257. The molecule has 1 N–H and O–H groups in total. The molecule has 0 saturated heterocycles. The van der Waals surface area contributed by atoms with E-state index in [-0.39, 0.29) is 12.5 Å². The second kappa shape index (κ2) is 9.17. The van der Waals surface area contributed by atoms with Crippen molar-refractivity contribution < 1.29 is 14.4 Å². The van der Waals surface area contributed by atoms with Crippen LogP contribution in [0.25, 0.3) is 11.1 Å². The van der Waals surface area contributed by atoms with Gasteiger partial charge in [-0.3, -0.25) is 9.63 Å². The second-order valence-corrected chi connectivity index (χ2v) is 6.44. The Morgan fingerprint density at radius 3 is 2.38 bits per heavy atom. The van der Waals surface area contributed by atoms with Crippen LogP contribution in [0.5, 0.6) is 5.75 Å². The van der Waals surface area contributed by atoms with Crippen molar-refractivity contribution in [2.75, 3.05) is 13.2 Å². The maximum absolute atomic E-state index is 12.2. The lowest BCUT2D eigenvalue weighted by Crippen LogP contribution is -2.26. The molecule has 0 aliphatic rings. The van der Waals surface area contributed by atoms with Crippen LogP contribution in [0.15, 0.2) is 83.3 Å². The van der Waals surface area contributed by atoms with Gasteiger partial charge in [0.15, 0.2) is 0 Å². The van der Waals surface area contributed by atoms with E-state index in [2.05, 4.69) is 21.4 Å². The summed E-state index contributed by atoms with van der Waals surface area (Å²) in [5.41, 5.74) is 4.99. The van der Waals surface area contributed by atoms with Gasteiger partial charge in [-0.2, -0.15) is 0 Å². The van der Waals surface area contributed by atoms with E-state index >= 15 is 0 Å². The predicted octanol–water partition coefficient (Wildman–Crippen LogP) is 4.86. The van der Waals surface area contributed by atoms with Crippen molar-refractivity contribution >= 4 is 21.8 Å². The fourth-order valence-electron chi connectivity index (χ4n) is 2.38. The van der Waals surface area contributed by atoms with Gasteiger partial charge in [0.05, 0.1) is 0 Å². The highest BCUT2D eigenvalue weighted by atomic mass is 79.9. The first kappa shape index (κ1) is 18.2. The Bertz CT molecular complexity index is 851. The molecule has 0 spiro atoms. The molecule has 0 unspecified atom stereocenters. The van der Waals surface area contributed by atoms with Crippen LogP contribution in [0.2, 0.25) is 0 Å². The van der Waals surface area contributed by atoms with E-state index < -0.39 is 0 Å². The maximum atomic E-state index is 12.2. The third-order valence-corrected chi connectivity index (χ3v) is 4.19. The third kappa shape index (κ3) is 5.18. The summed E-state index contributed by atoms with van der Waals surface area (Å²) in [6.07, 6.45) is 0. The summed E-state index contributed by atoms with van der Waals surface area (Å²) in [5.74, 6) is 0.480. The van der Waals surface area contributed by atoms with Crippen LogP contribution < -0.4 is 10.2 Å². The molecule has 0 bridgehead atoms. The average molecular weight is 412 g/mol. The van der Waals surface area contributed by atoms with E-state index in [9.17, 15) is 4.79 Å². The fourth-order valence-corrected chi connectivity index (χ4v) is 2.64. The van der Waals surface area contributed by atoms with E-state index in [1.165, 1.54) is 0 Å². The number of ether oxygens (including phenoxy) is 1. The lowest BCUT2D eigenvalue weighted by molar-refractivity contribution is 0.0200. The number of amides is 1. The number of carbonyl (C=O) groups is 1. The predicted molar refractivity (Wildman–Crippen MR) is 105 cm³/mol. The zero-order chi connectivity index (χ0) is 18.2. The monoisotopic (exact) mass is 411 g/mol. The molecule has 0 aliphatic heterocycles. The second-order valence-electron chi connectivity index (χ2n) is 5.53. The summed E-state index contributed by atoms with van der Waals surface area (Å²) < 4.78 is 6.52. The first-order chi connectivity index (χ1) is 12.7. The summed E-state index contributed by atoms with van der Waals surface area (Å²) in [4.78, 5) is 17.4. The Kier molecular flexibility index (Phi) is 6.41. The molecule has 132 valence electrons. The SMILES string of the molecule is O=C(NOCCOc1ccccc1)c1cccc(-c2ccc(Br)cc2)c1. The summed E-state index contributed by atoms with van der Waals surface area (Å²) in [6.45, 7) is 0.607. The summed E-state index contributed by atoms with van der Waals surface area (Å²) in [5, 5.41) is 0. The molecular formula is C21H18BrNO3. The molecule has 5 heteroatoms. The molecule has 0 saturated carbocycles. The van der Waals surface area contributed by atoms with Gasteiger partial charge < -0.3 is 4.74 Å². The molecule has 0 fully saturated rings. The summed E-state index contributed by atoms with van der Waals surface area (Å²) in [7, 11) is 0. The molecule has 1 amide bonds. The highest BCUT2D eigenvalue weighted by molar-refractivity contribution is 9.10. The Morgan fingerprint density at radius 2 is 1.62 bits per heavy atom. The van der Waals surface area contributed by atoms with Crippen LogP contribution in [0, 0.1) is 0 Å². The van der Waals surface area contributed by atoms with Gasteiger partial charge in [-0.05, 0) is 47.5 Å². The number of hydroxylamine groups is 1. The molecule has 0 radical (unpaired) electrons. The fraction of sp³-hybridized carbons (Fsp3) is 0.0952. The number of nitrogens with one attached hydrogen (secondary N) is 1. The number of para-hydroxylation sites is 1. The zero-order valence-electron chi connectivity index (χ0n) is 14.0. The number of hydrogen-bond acceptors (Lipinski definition) is 3. The Labute approximate surface area is 160 Å². The first-order valence-electron chi connectivity index (χ1n) is 8.18. The number of rotatable bonds is 7. The molecule has 3 aromatic rings. The van der Waals surface area contributed by atoms with Crippen molar-refractivity contribution in [3.63, 3.8) is 0 Å². The van der Waals surface area contributed by atoms with Crippen molar-refractivity contribution in [3.8, 4) is 16.9 Å². The molecular weight excluding hydrogens is 394 g/mol. The van der Waals surface area contributed by atoms with Crippen molar-refractivity contribution in [3.05, 3.63) is 88.9 Å². The van der Waals surface area contributed by atoms with Crippen molar-refractivity contribution in [2.24, 2.45) is 0 Å². The van der Waals surface area contributed by atoms with Crippen LogP contribution in [0.1, 0.15) is 10.4 Å². The van der Waals surface area contributed by atoms with Gasteiger partial charge in [0, 0.05) is 10.0 Å². The summed E-state index contributed by atoms with van der Waals surface area (Å²) in [6, 6.07) is 24.8. The molecule has 26 heavy (non-hydrogen) atoms. The van der Waals surface area contributed by atoms with Crippen LogP contribution in [-0.4, -0.2) is 19.1 Å². The molecule has 0 heterocycles. The number of hydrogen-bond donors (Lipinski definition) is 1. The molecule has 0 atom stereocenters. The van der Waals surface area contributed by atoms with Gasteiger partial charge in [-0.1, -0.05) is 58.4 Å². The molecule has 0 aromatic heterocycles. The average Bonchev–Trinajstić information content (AvgIpc) is 2.69. The Balaban J connectivity index is 1.50. The largest absolute Gasteiger partial charge is 0.491 e. The lowest BCUT2D eigenvalue weighted by Gasteiger charge is -2.09. The maximum Gasteiger partial charge on any atom is 0.274 e. The first-order valence-corrected chi connectivity index (χ1v) is 8.98. The summed E-state index contributed by atoms with van der Waals surface area (Å²) >= 11 is 3.42. The minimum Gasteiger partial charge on any atom is -0.491 e. The van der Waals surface area contributed by atoms with E-state index in [1.54, 1.807) is 6.07 Å². The smallest absolute Gasteiger partial charge is 0.274 e. The van der Waals surface area contributed by atoms with Gasteiger partial charge in [0.25, 0.3) is 5.91 Å². The van der Waals surface area contributed by atoms with Gasteiger partial charge in [-0.25, -0.2) is 5.48 Å². The van der Waals surface area contributed by atoms with E-state index in [1.807, 2.05) is 72.8 Å². The number of halogens is 1. The topological polar surface area (TPSA) is 47.6 Å². The minimum atomic E-state index is -0.288. The third-order valence-electron chi connectivity index (χ3n) is 3.66.